The van der Waals surface area contributed by atoms with E-state index < -0.39 is 0 Å². The van der Waals surface area contributed by atoms with Gasteiger partial charge in [0.05, 0.1) is 30.6 Å². The van der Waals surface area contributed by atoms with Crippen molar-refractivity contribution >= 4 is 28.4 Å². The van der Waals surface area contributed by atoms with Gasteiger partial charge in [-0.2, -0.15) is 0 Å². The molecular weight excluding hydrogens is 332 g/mol. The monoisotopic (exact) mass is 350 g/mol. The van der Waals surface area contributed by atoms with Crippen LogP contribution in [0.25, 0.3) is 10.9 Å². The van der Waals surface area contributed by atoms with Crippen LogP contribution in [-0.2, 0) is 16.1 Å². The number of rotatable bonds is 5. The van der Waals surface area contributed by atoms with E-state index >= 15 is 0 Å². The highest BCUT2D eigenvalue weighted by Gasteiger charge is 2.24. The van der Waals surface area contributed by atoms with Crippen LogP contribution in [0.3, 0.4) is 0 Å². The van der Waals surface area contributed by atoms with Gasteiger partial charge >= 0.3 is 0 Å². The van der Waals surface area contributed by atoms with Gasteiger partial charge in [-0.05, 0) is 18.2 Å². The zero-order chi connectivity index (χ0) is 17.1. The second-order valence-corrected chi connectivity index (χ2v) is 6.19. The van der Waals surface area contributed by atoms with Crippen LogP contribution in [0, 0.1) is 0 Å². The number of methoxy groups -OCH3 is 1. The highest BCUT2D eigenvalue weighted by Crippen LogP contribution is 2.15. The number of benzene rings is 1. The summed E-state index contributed by atoms with van der Waals surface area (Å²) in [4.78, 5) is 35.3. The molecule has 0 aliphatic carbocycles. The first-order valence-corrected chi connectivity index (χ1v) is 8.12. The van der Waals surface area contributed by atoms with Crippen molar-refractivity contribution in [1.82, 2.24) is 19.8 Å². The minimum absolute atomic E-state index is 0.0632. The summed E-state index contributed by atoms with van der Waals surface area (Å²) in [6.45, 7) is 3.26. The van der Waals surface area contributed by atoms with Gasteiger partial charge in [-0.1, -0.05) is 11.6 Å². The van der Waals surface area contributed by atoms with E-state index in [-0.39, 0.29) is 11.5 Å². The van der Waals surface area contributed by atoms with Crippen LogP contribution in [0.15, 0.2) is 23.0 Å². The van der Waals surface area contributed by atoms with E-state index in [9.17, 15) is 9.59 Å². The molecule has 1 aliphatic rings. The van der Waals surface area contributed by atoms with E-state index in [4.69, 9.17) is 16.3 Å². The normalized spacial score (nSPS) is 16.1. The Hall–Kier alpha value is -1.96. The largest absolute Gasteiger partial charge is 0.383 e. The van der Waals surface area contributed by atoms with Crippen molar-refractivity contribution < 1.29 is 9.53 Å². The number of amides is 1. The van der Waals surface area contributed by atoms with Crippen LogP contribution in [-0.4, -0.2) is 65.6 Å². The van der Waals surface area contributed by atoms with Gasteiger partial charge < -0.3 is 14.6 Å². The number of piperazine rings is 1. The van der Waals surface area contributed by atoms with Gasteiger partial charge in [0.1, 0.15) is 5.82 Å². The molecule has 0 bridgehead atoms. The van der Waals surface area contributed by atoms with E-state index in [2.05, 4.69) is 9.97 Å². The third kappa shape index (κ3) is 3.75. The lowest BCUT2D eigenvalue weighted by Gasteiger charge is -2.33. The average Bonchev–Trinajstić information content (AvgIpc) is 2.55. The summed E-state index contributed by atoms with van der Waals surface area (Å²) in [5, 5.41) is 0.965. The topological polar surface area (TPSA) is 78.5 Å². The van der Waals surface area contributed by atoms with Gasteiger partial charge in [0.25, 0.3) is 5.56 Å². The number of nitrogens with zero attached hydrogens (tertiary/aromatic N) is 3. The molecule has 128 valence electrons. The smallest absolute Gasteiger partial charge is 0.258 e. The van der Waals surface area contributed by atoms with Crippen molar-refractivity contribution in [2.45, 2.75) is 6.54 Å². The number of H-pyrrole nitrogens is 1. The van der Waals surface area contributed by atoms with Crippen molar-refractivity contribution in [1.29, 1.82) is 0 Å². The first-order valence-electron chi connectivity index (χ1n) is 7.74. The molecule has 1 N–H and O–H groups in total. The molecule has 7 nitrogen and oxygen atoms in total. The number of hydrogen-bond acceptors (Lipinski definition) is 5. The maximum absolute atomic E-state index is 12.2. The predicted molar refractivity (Wildman–Crippen MR) is 91.1 cm³/mol. The van der Waals surface area contributed by atoms with E-state index in [0.717, 1.165) is 6.54 Å². The van der Waals surface area contributed by atoms with E-state index in [1.165, 1.54) is 0 Å². The van der Waals surface area contributed by atoms with E-state index in [1.807, 2.05) is 4.90 Å². The maximum atomic E-state index is 12.2. The zero-order valence-corrected chi connectivity index (χ0v) is 14.2. The van der Waals surface area contributed by atoms with E-state index in [1.54, 1.807) is 30.2 Å². The molecule has 0 spiro atoms. The van der Waals surface area contributed by atoms with Crippen LogP contribution in [0.4, 0.5) is 0 Å². The third-order valence-electron chi connectivity index (χ3n) is 4.05. The second-order valence-electron chi connectivity index (χ2n) is 5.76. The molecular formula is C16H19ClN4O3. The number of carbonyl (C=O) groups is 1. The summed E-state index contributed by atoms with van der Waals surface area (Å²) < 4.78 is 5.01. The lowest BCUT2D eigenvalue weighted by molar-refractivity contribution is -0.136. The fraction of sp³-hybridized carbons (Fsp3) is 0.438. The van der Waals surface area contributed by atoms with Gasteiger partial charge in [0.2, 0.25) is 5.91 Å². The molecule has 2 aromatic rings. The van der Waals surface area contributed by atoms with Crippen molar-refractivity contribution in [2.24, 2.45) is 0 Å². The lowest BCUT2D eigenvalue weighted by Crippen LogP contribution is -2.50. The molecule has 3 rings (SSSR count). The Kier molecular flexibility index (Phi) is 5.13. The van der Waals surface area contributed by atoms with Crippen LogP contribution in [0.1, 0.15) is 5.82 Å². The number of aromatic nitrogens is 2. The first kappa shape index (κ1) is 16.9. The fourth-order valence-electron chi connectivity index (χ4n) is 2.78. The second kappa shape index (κ2) is 7.29. The van der Waals surface area contributed by atoms with Gasteiger partial charge in [-0.25, -0.2) is 4.98 Å². The Labute approximate surface area is 144 Å². The fourth-order valence-corrected chi connectivity index (χ4v) is 2.95. The Morgan fingerprint density at radius 1 is 1.33 bits per heavy atom. The SMILES string of the molecule is COCCN1CCN(Cc2nc3ccc(Cl)cc3c(=O)[nH]2)CC1=O. The van der Waals surface area contributed by atoms with Gasteiger partial charge in [0, 0.05) is 31.8 Å². The number of ether oxygens (including phenoxy) is 1. The summed E-state index contributed by atoms with van der Waals surface area (Å²) in [5.41, 5.74) is 0.380. The summed E-state index contributed by atoms with van der Waals surface area (Å²) in [5.74, 6) is 0.612. The summed E-state index contributed by atoms with van der Waals surface area (Å²) in [7, 11) is 1.62. The maximum Gasteiger partial charge on any atom is 0.258 e. The number of hydrogen-bond donors (Lipinski definition) is 1. The molecule has 0 atom stereocenters. The number of aromatic amines is 1. The van der Waals surface area contributed by atoms with Crippen LogP contribution in [0.2, 0.25) is 5.02 Å². The number of nitrogens with one attached hydrogen (secondary N) is 1. The highest BCUT2D eigenvalue weighted by molar-refractivity contribution is 6.31. The quantitative estimate of drug-likeness (QED) is 0.865. The van der Waals surface area contributed by atoms with Crippen molar-refractivity contribution in [3.8, 4) is 0 Å². The molecule has 1 saturated heterocycles. The molecule has 2 heterocycles. The third-order valence-corrected chi connectivity index (χ3v) is 4.29. The zero-order valence-electron chi connectivity index (χ0n) is 13.4. The molecule has 0 unspecified atom stereocenters. The highest BCUT2D eigenvalue weighted by atomic mass is 35.5. The molecule has 1 aromatic heterocycles. The molecule has 1 amide bonds. The molecule has 1 fully saturated rings. The Morgan fingerprint density at radius 2 is 2.17 bits per heavy atom. The van der Waals surface area contributed by atoms with Crippen LogP contribution >= 0.6 is 11.6 Å². The van der Waals surface area contributed by atoms with Crippen molar-refractivity contribution in [3.63, 3.8) is 0 Å². The molecule has 0 saturated carbocycles. The molecule has 1 aliphatic heterocycles. The number of carbonyl (C=O) groups excluding carboxylic acids is 1. The minimum Gasteiger partial charge on any atom is -0.383 e. The van der Waals surface area contributed by atoms with E-state index in [0.29, 0.717) is 54.5 Å². The average molecular weight is 351 g/mol. The molecule has 24 heavy (non-hydrogen) atoms. The molecule has 1 aromatic carbocycles. The predicted octanol–water partition coefficient (Wildman–Crippen LogP) is 0.867. The molecule has 0 radical (unpaired) electrons. The lowest BCUT2D eigenvalue weighted by atomic mass is 10.2. The Morgan fingerprint density at radius 3 is 2.92 bits per heavy atom. The molecule has 8 heteroatoms. The van der Waals surface area contributed by atoms with Crippen LogP contribution < -0.4 is 5.56 Å². The number of halogens is 1. The van der Waals surface area contributed by atoms with Crippen molar-refractivity contribution in [3.05, 3.63) is 39.4 Å². The minimum atomic E-state index is -0.220. The van der Waals surface area contributed by atoms with Gasteiger partial charge in [-0.3, -0.25) is 14.5 Å². The number of fused-ring (bicyclic) bond motifs is 1. The summed E-state index contributed by atoms with van der Waals surface area (Å²) in [6, 6.07) is 5.03. The Balaban J connectivity index is 1.71. The summed E-state index contributed by atoms with van der Waals surface area (Å²) in [6.07, 6.45) is 0. The standard InChI is InChI=1S/C16H19ClN4O3/c1-24-7-6-21-5-4-20(10-15(21)22)9-14-18-13-3-2-11(17)8-12(13)16(23)19-14/h2-3,8H,4-7,9-10H2,1H3,(H,18,19,23). The summed E-state index contributed by atoms with van der Waals surface area (Å²) >= 11 is 5.91. The Bertz CT molecular complexity index is 807. The van der Waals surface area contributed by atoms with Crippen LogP contribution in [0.5, 0.6) is 0 Å². The first-order chi connectivity index (χ1) is 11.6. The van der Waals surface area contributed by atoms with Gasteiger partial charge in [0.15, 0.2) is 0 Å². The van der Waals surface area contributed by atoms with Gasteiger partial charge in [-0.15, -0.1) is 0 Å². The van der Waals surface area contributed by atoms with Crippen molar-refractivity contribution in [2.75, 3.05) is 39.9 Å².